The number of rotatable bonds is 9. The van der Waals surface area contributed by atoms with Gasteiger partial charge in [-0.05, 0) is 36.7 Å². The molecular weight excluding hydrogens is 569 g/mol. The first-order valence-electron chi connectivity index (χ1n) is 12.9. The summed E-state index contributed by atoms with van der Waals surface area (Å²) in [5, 5.41) is 12.1. The Balaban J connectivity index is 1.47. The molecule has 0 amide bonds. The van der Waals surface area contributed by atoms with Gasteiger partial charge in [0.2, 0.25) is 0 Å². The minimum absolute atomic E-state index is 0.106. The molecule has 1 fully saturated rings. The molecule has 4 aromatic rings. The van der Waals surface area contributed by atoms with Gasteiger partial charge < -0.3 is 19.5 Å². The van der Waals surface area contributed by atoms with Gasteiger partial charge in [0.25, 0.3) is 0 Å². The van der Waals surface area contributed by atoms with E-state index in [-0.39, 0.29) is 23.2 Å². The van der Waals surface area contributed by atoms with Crippen LogP contribution >= 0.6 is 11.6 Å². The van der Waals surface area contributed by atoms with Crippen molar-refractivity contribution in [2.24, 2.45) is 5.11 Å². The van der Waals surface area contributed by atoms with E-state index in [1.54, 1.807) is 61.5 Å². The molecule has 2 aromatic carbocycles. The lowest BCUT2D eigenvalue weighted by Crippen LogP contribution is -2.36. The number of pyridine rings is 1. The van der Waals surface area contributed by atoms with E-state index in [9.17, 15) is 19.5 Å². The molecule has 0 radical (unpaired) electrons. The van der Waals surface area contributed by atoms with Crippen molar-refractivity contribution < 1.29 is 28.2 Å². The second kappa shape index (κ2) is 12.4. The molecule has 2 aromatic heterocycles. The molecule has 0 bridgehead atoms. The number of aromatic nitrogens is 3. The van der Waals surface area contributed by atoms with E-state index >= 15 is 0 Å². The monoisotopic (exact) mass is 593 g/mol. The van der Waals surface area contributed by atoms with Crippen LogP contribution in [0.2, 0.25) is 5.15 Å². The van der Waals surface area contributed by atoms with Crippen LogP contribution in [0.1, 0.15) is 42.0 Å². The number of carbonyl (C=O) groups is 2. The number of hydrogen-bond acceptors (Lipinski definition) is 9. The number of fused-ring (bicyclic) bond motifs is 1. The summed E-state index contributed by atoms with van der Waals surface area (Å²) in [6.45, 7) is 2.70. The minimum atomic E-state index is -1.14. The van der Waals surface area contributed by atoms with Crippen LogP contribution in [0.5, 0.6) is 0 Å². The van der Waals surface area contributed by atoms with Gasteiger partial charge in [0.15, 0.2) is 18.0 Å². The van der Waals surface area contributed by atoms with Crippen LogP contribution in [-0.4, -0.2) is 51.6 Å². The normalized spacial score (nSPS) is 20.5. The Morgan fingerprint density at radius 2 is 1.98 bits per heavy atom. The quantitative estimate of drug-likeness (QED) is 0.0844. The summed E-state index contributed by atoms with van der Waals surface area (Å²) in [5.41, 5.74) is 10.8. The van der Waals surface area contributed by atoms with Crippen LogP contribution in [0, 0.1) is 5.82 Å². The number of halogens is 2. The third kappa shape index (κ3) is 5.98. The van der Waals surface area contributed by atoms with Gasteiger partial charge in [-0.25, -0.2) is 18.9 Å². The second-order valence-electron chi connectivity index (χ2n) is 9.51. The highest BCUT2D eigenvalue weighted by Crippen LogP contribution is 2.37. The molecule has 14 heteroatoms. The maximum Gasteiger partial charge on any atom is 0.338 e. The van der Waals surface area contributed by atoms with Crippen molar-refractivity contribution in [3.63, 3.8) is 0 Å². The lowest BCUT2D eigenvalue weighted by Gasteiger charge is -2.21. The number of nitrogens with zero attached hydrogens (tertiary/aromatic N) is 6. The molecule has 1 saturated heterocycles. The van der Waals surface area contributed by atoms with Crippen molar-refractivity contribution in [3.8, 4) is 0 Å². The number of azide groups is 1. The third-order valence-electron chi connectivity index (χ3n) is 6.71. The van der Waals surface area contributed by atoms with Crippen molar-refractivity contribution in [3.05, 3.63) is 99.4 Å². The maximum absolute atomic E-state index is 14.4. The Morgan fingerprint density at radius 3 is 2.69 bits per heavy atom. The molecule has 5 rings (SSSR count). The Hall–Kier alpha value is -4.71. The SMILES string of the molecule is CC(=O)O[C@@H]1[C@H](N=[N+]=[N-])[C@@H](COC(=O)c2ccccc2)O[C@H]1n1ncc2c(N[C@@H](C)c3ccccc3F)cc(Cl)nc21. The fraction of sp³-hybridized carbons (Fsp3) is 0.286. The van der Waals surface area contributed by atoms with E-state index in [1.807, 2.05) is 0 Å². The number of hydrogen-bond donors (Lipinski definition) is 1. The first kappa shape index (κ1) is 28.8. The van der Waals surface area contributed by atoms with E-state index in [0.717, 1.165) is 0 Å². The van der Waals surface area contributed by atoms with Crippen molar-refractivity contribution in [1.82, 2.24) is 14.8 Å². The molecule has 0 spiro atoms. The Labute approximate surface area is 244 Å². The summed E-state index contributed by atoms with van der Waals surface area (Å²) in [6, 6.07) is 14.8. The average Bonchev–Trinajstić information content (AvgIpc) is 3.53. The minimum Gasteiger partial charge on any atom is -0.459 e. The van der Waals surface area contributed by atoms with E-state index in [1.165, 1.54) is 23.9 Å². The van der Waals surface area contributed by atoms with Crippen LogP contribution in [0.4, 0.5) is 10.1 Å². The predicted molar refractivity (Wildman–Crippen MR) is 150 cm³/mol. The number of carbonyl (C=O) groups excluding carboxylic acids is 2. The fourth-order valence-electron chi connectivity index (χ4n) is 4.82. The summed E-state index contributed by atoms with van der Waals surface area (Å²) in [6.07, 6.45) is -1.74. The highest BCUT2D eigenvalue weighted by Gasteiger charge is 2.49. The number of anilines is 1. The molecule has 216 valence electrons. The summed E-state index contributed by atoms with van der Waals surface area (Å²) in [7, 11) is 0. The van der Waals surface area contributed by atoms with E-state index in [0.29, 0.717) is 22.2 Å². The molecule has 12 nitrogen and oxygen atoms in total. The molecule has 0 unspecified atom stereocenters. The van der Waals surface area contributed by atoms with Crippen molar-refractivity contribution in [2.45, 2.75) is 44.4 Å². The largest absolute Gasteiger partial charge is 0.459 e. The molecule has 1 aliphatic rings. The van der Waals surface area contributed by atoms with Crippen LogP contribution in [-0.2, 0) is 19.0 Å². The van der Waals surface area contributed by atoms with Gasteiger partial charge in [-0.2, -0.15) is 5.10 Å². The van der Waals surface area contributed by atoms with Crippen molar-refractivity contribution in [2.75, 3.05) is 11.9 Å². The van der Waals surface area contributed by atoms with Crippen LogP contribution in [0.15, 0.2) is 72.0 Å². The smallest absolute Gasteiger partial charge is 0.338 e. The van der Waals surface area contributed by atoms with Gasteiger partial charge in [0.05, 0.1) is 28.9 Å². The molecule has 5 atom stereocenters. The first-order chi connectivity index (χ1) is 20.3. The van der Waals surface area contributed by atoms with Gasteiger partial charge in [-0.3, -0.25) is 4.79 Å². The molecule has 3 heterocycles. The first-order valence-corrected chi connectivity index (χ1v) is 13.3. The highest BCUT2D eigenvalue weighted by atomic mass is 35.5. The number of esters is 2. The molecule has 0 aliphatic carbocycles. The molecule has 1 aliphatic heterocycles. The highest BCUT2D eigenvalue weighted by molar-refractivity contribution is 6.30. The maximum atomic E-state index is 14.4. The lowest BCUT2D eigenvalue weighted by atomic mass is 10.1. The predicted octanol–water partition coefficient (Wildman–Crippen LogP) is 5.76. The zero-order chi connectivity index (χ0) is 29.8. The van der Waals surface area contributed by atoms with Crippen molar-refractivity contribution >= 4 is 40.3 Å². The molecular formula is C28H25ClFN7O5. The standard InChI is InChI=1S/C28H25ClFN7O5/c1-15(18-10-6-7-11-20(18)30)33-21-12-23(29)34-26-19(21)13-32-37(26)27-25(41-16(2)38)24(35-36-31)22(42-27)14-40-28(39)17-8-4-3-5-9-17/h3-13,15,22,24-25,27H,14H2,1-2H3,(H,33,34)/t15-,22+,24+,25+,27+/m0/s1. The van der Waals surface area contributed by atoms with Crippen LogP contribution in [0.25, 0.3) is 21.5 Å². The van der Waals surface area contributed by atoms with Crippen molar-refractivity contribution in [1.29, 1.82) is 0 Å². The van der Waals surface area contributed by atoms with Gasteiger partial charge in [0, 0.05) is 17.4 Å². The van der Waals surface area contributed by atoms with Crippen LogP contribution < -0.4 is 5.32 Å². The zero-order valence-corrected chi connectivity index (χ0v) is 23.2. The lowest BCUT2D eigenvalue weighted by molar-refractivity contribution is -0.153. The summed E-state index contributed by atoms with van der Waals surface area (Å²) >= 11 is 6.37. The Morgan fingerprint density at radius 1 is 1.24 bits per heavy atom. The molecule has 0 saturated carbocycles. The Kier molecular flexibility index (Phi) is 8.53. The molecule has 42 heavy (non-hydrogen) atoms. The van der Waals surface area contributed by atoms with Gasteiger partial charge in [-0.1, -0.05) is 53.1 Å². The number of ether oxygens (including phenoxy) is 3. The van der Waals surface area contributed by atoms with Gasteiger partial charge in [-0.15, -0.1) is 0 Å². The molecule has 1 N–H and O–H groups in total. The zero-order valence-electron chi connectivity index (χ0n) is 22.4. The summed E-state index contributed by atoms with van der Waals surface area (Å²) in [5.74, 6) is -1.63. The third-order valence-corrected chi connectivity index (χ3v) is 6.90. The van der Waals surface area contributed by atoms with Gasteiger partial charge >= 0.3 is 11.9 Å². The average molecular weight is 594 g/mol. The van der Waals surface area contributed by atoms with Crippen LogP contribution in [0.3, 0.4) is 0 Å². The summed E-state index contributed by atoms with van der Waals surface area (Å²) in [4.78, 5) is 31.9. The second-order valence-corrected chi connectivity index (χ2v) is 9.89. The van der Waals surface area contributed by atoms with E-state index in [2.05, 4.69) is 25.4 Å². The van der Waals surface area contributed by atoms with E-state index < -0.39 is 42.5 Å². The van der Waals surface area contributed by atoms with Gasteiger partial charge in [0.1, 0.15) is 29.7 Å². The van der Waals surface area contributed by atoms with E-state index in [4.69, 9.17) is 25.8 Å². The Bertz CT molecular complexity index is 1660. The number of nitrogens with one attached hydrogen (secondary N) is 1. The fourth-order valence-corrected chi connectivity index (χ4v) is 5.01. The number of benzene rings is 2. The topological polar surface area (TPSA) is 153 Å². The summed E-state index contributed by atoms with van der Waals surface area (Å²) < 4.78 is 32.9.